The van der Waals surface area contributed by atoms with Gasteiger partial charge in [0, 0.05) is 6.21 Å². The van der Waals surface area contributed by atoms with Crippen LogP contribution in [0.3, 0.4) is 0 Å². The first kappa shape index (κ1) is 16.6. The molecule has 1 N–H and O–H groups in total. The summed E-state index contributed by atoms with van der Waals surface area (Å²) in [5.41, 5.74) is 2.25. The Kier molecular flexibility index (Phi) is 4.47. The molecule has 0 spiro atoms. The summed E-state index contributed by atoms with van der Waals surface area (Å²) < 4.78 is 5.15. The van der Waals surface area contributed by atoms with Crippen molar-refractivity contribution in [3.05, 3.63) is 53.5 Å². The number of aliphatic imine (C=N–C) groups is 1. The van der Waals surface area contributed by atoms with Crippen LogP contribution in [-0.4, -0.2) is 24.1 Å². The van der Waals surface area contributed by atoms with Crippen molar-refractivity contribution in [1.82, 2.24) is 5.32 Å². The van der Waals surface area contributed by atoms with E-state index in [2.05, 4.69) is 10.3 Å². The smallest absolute Gasteiger partial charge is 0.335 e. The van der Waals surface area contributed by atoms with Crippen molar-refractivity contribution in [2.75, 3.05) is 4.90 Å². The number of anilines is 1. The van der Waals surface area contributed by atoms with Gasteiger partial charge in [-0.25, -0.2) is 9.69 Å². The molecule has 1 aliphatic rings. The van der Waals surface area contributed by atoms with E-state index < -0.39 is 23.8 Å². The lowest BCUT2D eigenvalue weighted by atomic mass is 10.0. The van der Waals surface area contributed by atoms with E-state index in [1.807, 2.05) is 19.9 Å². The fourth-order valence-electron chi connectivity index (χ4n) is 2.70. The predicted molar refractivity (Wildman–Crippen MR) is 91.3 cm³/mol. The monoisotopic (exact) mass is 339 g/mol. The summed E-state index contributed by atoms with van der Waals surface area (Å²) >= 11 is 0. The standard InChI is InChI=1S/C18H17N3O4/c1-11-6-12(2)8-13(7-11)21-17(23)15(16(22)20-18(21)24)10-19-9-14-4-3-5-25-14/h3-8,10,15H,9H2,1-2H3,(H,20,22,24)/t15-/m1/s1. The first-order valence-corrected chi connectivity index (χ1v) is 7.75. The van der Waals surface area contributed by atoms with Gasteiger partial charge in [-0.3, -0.25) is 19.9 Å². The number of nitrogens with one attached hydrogen (secondary N) is 1. The molecular weight excluding hydrogens is 322 g/mol. The van der Waals surface area contributed by atoms with Crippen LogP contribution in [0.5, 0.6) is 0 Å². The number of carbonyl (C=O) groups is 3. The zero-order valence-electron chi connectivity index (χ0n) is 13.9. The lowest BCUT2D eigenvalue weighted by Gasteiger charge is -2.28. The van der Waals surface area contributed by atoms with Crippen molar-refractivity contribution in [1.29, 1.82) is 0 Å². The summed E-state index contributed by atoms with van der Waals surface area (Å²) in [6.07, 6.45) is 2.77. The van der Waals surface area contributed by atoms with Crippen LogP contribution in [0, 0.1) is 19.8 Å². The van der Waals surface area contributed by atoms with Crippen molar-refractivity contribution < 1.29 is 18.8 Å². The van der Waals surface area contributed by atoms with Crippen LogP contribution in [0.15, 0.2) is 46.0 Å². The molecule has 4 amide bonds. The maximum Gasteiger partial charge on any atom is 0.335 e. The highest BCUT2D eigenvalue weighted by molar-refractivity contribution is 6.32. The molecule has 0 saturated carbocycles. The largest absolute Gasteiger partial charge is 0.467 e. The van der Waals surface area contributed by atoms with Crippen LogP contribution in [0.25, 0.3) is 0 Å². The maximum atomic E-state index is 12.7. The third-order valence-corrected chi connectivity index (χ3v) is 3.75. The van der Waals surface area contributed by atoms with E-state index in [-0.39, 0.29) is 6.54 Å². The van der Waals surface area contributed by atoms with E-state index in [0.29, 0.717) is 11.4 Å². The Hall–Kier alpha value is -3.22. The summed E-state index contributed by atoms with van der Waals surface area (Å²) in [7, 11) is 0. The topological polar surface area (TPSA) is 92.0 Å². The van der Waals surface area contributed by atoms with Crippen LogP contribution < -0.4 is 10.2 Å². The third kappa shape index (κ3) is 3.50. The average Bonchev–Trinajstić information content (AvgIpc) is 3.02. The van der Waals surface area contributed by atoms with Crippen LogP contribution in [0.1, 0.15) is 16.9 Å². The second-order valence-corrected chi connectivity index (χ2v) is 5.86. The van der Waals surface area contributed by atoms with Gasteiger partial charge in [0.05, 0.1) is 18.5 Å². The highest BCUT2D eigenvalue weighted by Crippen LogP contribution is 2.23. The predicted octanol–water partition coefficient (Wildman–Crippen LogP) is 2.37. The van der Waals surface area contributed by atoms with E-state index in [4.69, 9.17) is 4.42 Å². The van der Waals surface area contributed by atoms with Gasteiger partial charge >= 0.3 is 6.03 Å². The molecule has 25 heavy (non-hydrogen) atoms. The van der Waals surface area contributed by atoms with Gasteiger partial charge in [0.1, 0.15) is 5.76 Å². The summed E-state index contributed by atoms with van der Waals surface area (Å²) in [5.74, 6) is -1.85. The molecule has 1 atom stereocenters. The van der Waals surface area contributed by atoms with Crippen LogP contribution >= 0.6 is 0 Å². The summed E-state index contributed by atoms with van der Waals surface area (Å²) in [4.78, 5) is 41.9. The molecule has 7 nitrogen and oxygen atoms in total. The van der Waals surface area contributed by atoms with Gasteiger partial charge in [-0.2, -0.15) is 0 Å². The molecule has 1 aromatic carbocycles. The SMILES string of the molecule is Cc1cc(C)cc(N2C(=O)NC(=O)[C@@H](C=NCc3ccco3)C2=O)c1. The fraction of sp³-hybridized carbons (Fsp3) is 0.222. The number of hydrogen-bond acceptors (Lipinski definition) is 5. The van der Waals surface area contributed by atoms with Crippen LogP contribution in [-0.2, 0) is 16.1 Å². The highest BCUT2D eigenvalue weighted by atomic mass is 16.3. The van der Waals surface area contributed by atoms with Gasteiger partial charge in [-0.05, 0) is 49.2 Å². The Morgan fingerprint density at radius 3 is 2.56 bits per heavy atom. The van der Waals surface area contributed by atoms with Gasteiger partial charge in [-0.1, -0.05) is 6.07 Å². The molecule has 1 aromatic heterocycles. The highest BCUT2D eigenvalue weighted by Gasteiger charge is 2.40. The molecular formula is C18H17N3O4. The van der Waals surface area contributed by atoms with Gasteiger partial charge < -0.3 is 4.42 Å². The molecule has 1 aliphatic heterocycles. The van der Waals surface area contributed by atoms with Crippen molar-refractivity contribution in [2.24, 2.45) is 10.9 Å². The van der Waals surface area contributed by atoms with E-state index >= 15 is 0 Å². The molecule has 3 rings (SSSR count). The number of furan rings is 1. The molecule has 0 radical (unpaired) electrons. The van der Waals surface area contributed by atoms with E-state index in [9.17, 15) is 14.4 Å². The zero-order chi connectivity index (χ0) is 18.0. The van der Waals surface area contributed by atoms with Crippen molar-refractivity contribution in [3.8, 4) is 0 Å². The maximum absolute atomic E-state index is 12.7. The third-order valence-electron chi connectivity index (χ3n) is 3.75. The number of urea groups is 1. The minimum Gasteiger partial charge on any atom is -0.467 e. The molecule has 1 saturated heterocycles. The van der Waals surface area contributed by atoms with Crippen LogP contribution in [0.2, 0.25) is 0 Å². The number of imide groups is 2. The Labute approximate surface area is 144 Å². The summed E-state index contributed by atoms with van der Waals surface area (Å²) in [6.45, 7) is 3.95. The van der Waals surface area contributed by atoms with Gasteiger partial charge in [0.2, 0.25) is 5.91 Å². The van der Waals surface area contributed by atoms with Gasteiger partial charge in [0.15, 0.2) is 5.92 Å². The normalized spacial score (nSPS) is 18.1. The zero-order valence-corrected chi connectivity index (χ0v) is 13.9. The Bertz CT molecular complexity index is 835. The number of amides is 4. The lowest BCUT2D eigenvalue weighted by molar-refractivity contribution is -0.131. The first-order valence-electron chi connectivity index (χ1n) is 7.75. The molecule has 128 valence electrons. The lowest BCUT2D eigenvalue weighted by Crippen LogP contribution is -2.58. The second-order valence-electron chi connectivity index (χ2n) is 5.86. The Morgan fingerprint density at radius 2 is 1.92 bits per heavy atom. The number of benzene rings is 1. The van der Waals surface area contributed by atoms with Gasteiger partial charge in [-0.15, -0.1) is 0 Å². The van der Waals surface area contributed by atoms with Crippen molar-refractivity contribution in [3.63, 3.8) is 0 Å². The minimum atomic E-state index is -1.16. The van der Waals surface area contributed by atoms with Crippen LogP contribution in [0.4, 0.5) is 10.5 Å². The molecule has 0 bridgehead atoms. The molecule has 0 unspecified atom stereocenters. The number of aryl methyl sites for hydroxylation is 2. The van der Waals surface area contributed by atoms with Crippen molar-refractivity contribution in [2.45, 2.75) is 20.4 Å². The number of hydrogen-bond donors (Lipinski definition) is 1. The van der Waals surface area contributed by atoms with Gasteiger partial charge in [0.25, 0.3) is 5.91 Å². The molecule has 2 aromatic rings. The fourth-order valence-corrected chi connectivity index (χ4v) is 2.70. The average molecular weight is 339 g/mol. The number of nitrogens with zero attached hydrogens (tertiary/aromatic N) is 2. The Balaban J connectivity index is 1.85. The summed E-state index contributed by atoms with van der Waals surface area (Å²) in [5, 5.41) is 2.20. The van der Waals surface area contributed by atoms with E-state index in [0.717, 1.165) is 16.0 Å². The molecule has 1 fully saturated rings. The second kappa shape index (κ2) is 6.72. The first-order chi connectivity index (χ1) is 12.0. The van der Waals surface area contributed by atoms with Crippen molar-refractivity contribution >= 4 is 29.7 Å². The van der Waals surface area contributed by atoms with E-state index in [1.54, 1.807) is 24.3 Å². The summed E-state index contributed by atoms with van der Waals surface area (Å²) in [6, 6.07) is 8.09. The number of rotatable bonds is 4. The molecule has 0 aliphatic carbocycles. The molecule has 2 heterocycles. The number of carbonyl (C=O) groups excluding carboxylic acids is 3. The Morgan fingerprint density at radius 1 is 1.20 bits per heavy atom. The van der Waals surface area contributed by atoms with E-state index in [1.165, 1.54) is 12.5 Å². The number of barbiturate groups is 1. The quantitative estimate of drug-likeness (QED) is 0.684. The minimum absolute atomic E-state index is 0.210. The molecule has 7 heteroatoms.